The molecule has 0 aromatic carbocycles. The van der Waals surface area contributed by atoms with E-state index in [-0.39, 0.29) is 6.10 Å². The number of nitrogens with zero attached hydrogens (tertiary/aromatic N) is 2. The number of hydrogen-bond donors (Lipinski definition) is 1. The van der Waals surface area contributed by atoms with Crippen LogP contribution in [0.1, 0.15) is 36.4 Å². The molecule has 2 rings (SSSR count). The predicted molar refractivity (Wildman–Crippen MR) is 76.0 cm³/mol. The highest BCUT2D eigenvalue weighted by molar-refractivity contribution is 7.09. The van der Waals surface area contributed by atoms with E-state index in [1.807, 2.05) is 0 Å². The molecule has 0 amide bonds. The lowest BCUT2D eigenvalue weighted by Crippen LogP contribution is -2.35. The van der Waals surface area contributed by atoms with Crippen LogP contribution in [0.25, 0.3) is 0 Å². The summed E-state index contributed by atoms with van der Waals surface area (Å²) < 4.78 is 0. The Morgan fingerprint density at radius 2 is 2.22 bits per heavy atom. The van der Waals surface area contributed by atoms with Crippen molar-refractivity contribution in [2.75, 3.05) is 20.1 Å². The van der Waals surface area contributed by atoms with Gasteiger partial charge in [-0.05, 0) is 32.7 Å². The number of hydrogen-bond acceptors (Lipinski definition) is 4. The minimum Gasteiger partial charge on any atom is -0.393 e. The van der Waals surface area contributed by atoms with Gasteiger partial charge in [-0.25, -0.2) is 4.98 Å². The molecular weight excluding hydrogens is 244 g/mol. The second kappa shape index (κ2) is 6.64. The molecule has 102 valence electrons. The molecule has 1 aliphatic rings. The van der Waals surface area contributed by atoms with Gasteiger partial charge in [-0.2, -0.15) is 0 Å². The van der Waals surface area contributed by atoms with Gasteiger partial charge in [0.25, 0.3) is 0 Å². The van der Waals surface area contributed by atoms with Crippen molar-refractivity contribution in [1.82, 2.24) is 9.88 Å². The van der Waals surface area contributed by atoms with E-state index in [1.54, 1.807) is 11.3 Å². The summed E-state index contributed by atoms with van der Waals surface area (Å²) in [6.07, 6.45) is 5.58. The van der Waals surface area contributed by atoms with E-state index in [1.165, 1.54) is 25.0 Å². The molecule has 18 heavy (non-hydrogen) atoms. The molecule has 1 aliphatic carbocycles. The number of aliphatic hydroxyl groups is 1. The van der Waals surface area contributed by atoms with Crippen LogP contribution in [0.5, 0.6) is 0 Å². The SMILES string of the molecule is Cc1nc(CCN(C)CC2CCCCC2O)cs1. The van der Waals surface area contributed by atoms with Crippen LogP contribution in [0.2, 0.25) is 0 Å². The summed E-state index contributed by atoms with van der Waals surface area (Å²) in [7, 11) is 2.15. The highest BCUT2D eigenvalue weighted by Crippen LogP contribution is 2.24. The average molecular weight is 268 g/mol. The second-order valence-corrected chi connectivity index (χ2v) is 6.54. The smallest absolute Gasteiger partial charge is 0.0897 e. The summed E-state index contributed by atoms with van der Waals surface area (Å²) in [5, 5.41) is 13.3. The van der Waals surface area contributed by atoms with Gasteiger partial charge in [0, 0.05) is 24.9 Å². The van der Waals surface area contributed by atoms with Crippen molar-refractivity contribution in [3.05, 3.63) is 16.1 Å². The monoisotopic (exact) mass is 268 g/mol. The summed E-state index contributed by atoms with van der Waals surface area (Å²) in [4.78, 5) is 6.83. The molecule has 0 spiro atoms. The summed E-state index contributed by atoms with van der Waals surface area (Å²) in [6.45, 7) is 4.10. The molecule has 0 saturated heterocycles. The van der Waals surface area contributed by atoms with Crippen LogP contribution in [0.15, 0.2) is 5.38 Å². The van der Waals surface area contributed by atoms with E-state index in [9.17, 15) is 5.11 Å². The maximum atomic E-state index is 9.97. The molecule has 1 aromatic rings. The first-order valence-corrected chi connectivity index (χ1v) is 7.80. The Bertz CT molecular complexity index is 366. The van der Waals surface area contributed by atoms with Crippen LogP contribution in [-0.4, -0.2) is 41.2 Å². The Morgan fingerprint density at radius 1 is 1.44 bits per heavy atom. The fraction of sp³-hybridized carbons (Fsp3) is 0.786. The van der Waals surface area contributed by atoms with Crippen LogP contribution in [0.4, 0.5) is 0 Å². The zero-order valence-corrected chi connectivity index (χ0v) is 12.2. The molecule has 2 unspecified atom stereocenters. The molecule has 1 aromatic heterocycles. The van der Waals surface area contributed by atoms with E-state index in [0.717, 1.165) is 30.9 Å². The Balaban J connectivity index is 1.72. The second-order valence-electron chi connectivity index (χ2n) is 5.48. The van der Waals surface area contributed by atoms with E-state index < -0.39 is 0 Å². The van der Waals surface area contributed by atoms with Crippen molar-refractivity contribution in [3.8, 4) is 0 Å². The van der Waals surface area contributed by atoms with Gasteiger partial charge in [0.15, 0.2) is 0 Å². The number of aryl methyl sites for hydroxylation is 1. The van der Waals surface area contributed by atoms with E-state index in [2.05, 4.69) is 29.2 Å². The van der Waals surface area contributed by atoms with E-state index >= 15 is 0 Å². The third kappa shape index (κ3) is 4.04. The van der Waals surface area contributed by atoms with Gasteiger partial charge < -0.3 is 10.0 Å². The first kappa shape index (κ1) is 14.0. The van der Waals surface area contributed by atoms with Crippen molar-refractivity contribution < 1.29 is 5.11 Å². The number of thiazole rings is 1. The van der Waals surface area contributed by atoms with Crippen LogP contribution < -0.4 is 0 Å². The summed E-state index contributed by atoms with van der Waals surface area (Å²) >= 11 is 1.72. The maximum absolute atomic E-state index is 9.97. The molecule has 0 bridgehead atoms. The number of aliphatic hydroxyl groups excluding tert-OH is 1. The third-order valence-corrected chi connectivity index (χ3v) is 4.65. The summed E-state index contributed by atoms with van der Waals surface area (Å²) in [5.74, 6) is 0.473. The van der Waals surface area contributed by atoms with E-state index in [4.69, 9.17) is 0 Å². The van der Waals surface area contributed by atoms with E-state index in [0.29, 0.717) is 5.92 Å². The van der Waals surface area contributed by atoms with Crippen molar-refractivity contribution in [2.24, 2.45) is 5.92 Å². The highest BCUT2D eigenvalue weighted by Gasteiger charge is 2.23. The topological polar surface area (TPSA) is 36.4 Å². The van der Waals surface area contributed by atoms with Gasteiger partial charge in [-0.1, -0.05) is 12.8 Å². The molecular formula is C14H24N2OS. The first-order chi connectivity index (χ1) is 8.65. The van der Waals surface area contributed by atoms with Crippen LogP contribution in [0, 0.1) is 12.8 Å². The van der Waals surface area contributed by atoms with Gasteiger partial charge in [0.2, 0.25) is 0 Å². The summed E-state index contributed by atoms with van der Waals surface area (Å²) in [5.41, 5.74) is 1.20. The number of aromatic nitrogens is 1. The van der Waals surface area contributed by atoms with Gasteiger partial charge >= 0.3 is 0 Å². The van der Waals surface area contributed by atoms with Crippen molar-refractivity contribution in [1.29, 1.82) is 0 Å². The van der Waals surface area contributed by atoms with Gasteiger partial charge in [-0.3, -0.25) is 0 Å². The summed E-state index contributed by atoms with van der Waals surface area (Å²) in [6, 6.07) is 0. The largest absolute Gasteiger partial charge is 0.393 e. The number of likely N-dealkylation sites (N-methyl/N-ethyl adjacent to an activating group) is 1. The lowest BCUT2D eigenvalue weighted by Gasteiger charge is -2.31. The van der Waals surface area contributed by atoms with Crippen molar-refractivity contribution in [2.45, 2.75) is 45.1 Å². The molecule has 4 heteroatoms. The Kier molecular flexibility index (Phi) is 5.15. The van der Waals surface area contributed by atoms with Gasteiger partial charge in [0.1, 0.15) is 0 Å². The molecule has 0 radical (unpaired) electrons. The lowest BCUT2D eigenvalue weighted by atomic mass is 9.86. The van der Waals surface area contributed by atoms with Crippen LogP contribution in [-0.2, 0) is 6.42 Å². The Labute approximate surface area is 114 Å². The fourth-order valence-corrected chi connectivity index (χ4v) is 3.37. The van der Waals surface area contributed by atoms with Gasteiger partial charge in [-0.15, -0.1) is 11.3 Å². The van der Waals surface area contributed by atoms with Crippen molar-refractivity contribution in [3.63, 3.8) is 0 Å². The molecule has 1 heterocycles. The quantitative estimate of drug-likeness (QED) is 0.891. The molecule has 3 nitrogen and oxygen atoms in total. The third-order valence-electron chi connectivity index (χ3n) is 3.83. The number of rotatable bonds is 5. The molecule has 1 fully saturated rings. The van der Waals surface area contributed by atoms with Gasteiger partial charge in [0.05, 0.1) is 16.8 Å². The minimum absolute atomic E-state index is 0.0808. The zero-order chi connectivity index (χ0) is 13.0. The zero-order valence-electron chi connectivity index (χ0n) is 11.4. The molecule has 0 aliphatic heterocycles. The van der Waals surface area contributed by atoms with Crippen LogP contribution in [0.3, 0.4) is 0 Å². The predicted octanol–water partition coefficient (Wildman–Crippen LogP) is 2.48. The Morgan fingerprint density at radius 3 is 2.89 bits per heavy atom. The fourth-order valence-electron chi connectivity index (χ4n) is 2.72. The molecule has 2 atom stereocenters. The van der Waals surface area contributed by atoms with Crippen molar-refractivity contribution >= 4 is 11.3 Å². The Hall–Kier alpha value is -0.450. The molecule has 1 saturated carbocycles. The first-order valence-electron chi connectivity index (χ1n) is 6.93. The lowest BCUT2D eigenvalue weighted by molar-refractivity contribution is 0.0516. The molecule has 1 N–H and O–H groups in total. The average Bonchev–Trinajstić information content (AvgIpc) is 2.76. The minimum atomic E-state index is -0.0808. The standard InChI is InChI=1S/C14H24N2OS/c1-11-15-13(10-18-11)7-8-16(2)9-12-5-3-4-6-14(12)17/h10,12,14,17H,3-9H2,1-2H3. The maximum Gasteiger partial charge on any atom is 0.0897 e. The van der Waals surface area contributed by atoms with Crippen LogP contribution >= 0.6 is 11.3 Å². The normalized spacial score (nSPS) is 24.7. The highest BCUT2D eigenvalue weighted by atomic mass is 32.1.